The molecule has 2 N–H and O–H groups in total. The summed E-state index contributed by atoms with van der Waals surface area (Å²) in [5, 5.41) is 0.375. The molecule has 7 heteroatoms. The summed E-state index contributed by atoms with van der Waals surface area (Å²) in [5.74, 6) is -1.20. The lowest BCUT2D eigenvalue weighted by atomic mass is 10.1. The highest BCUT2D eigenvalue weighted by molar-refractivity contribution is 6.30. The average Bonchev–Trinajstić information content (AvgIpc) is 2.99. The minimum Gasteiger partial charge on any atom is -0.453 e. The zero-order valence-corrected chi connectivity index (χ0v) is 13.1. The van der Waals surface area contributed by atoms with E-state index in [9.17, 15) is 14.4 Å². The first-order valence-corrected chi connectivity index (χ1v) is 6.93. The Kier molecular flexibility index (Phi) is 4.51. The van der Waals surface area contributed by atoms with E-state index < -0.39 is 18.4 Å². The molecule has 6 nitrogen and oxygen atoms in total. The number of H-pyrrole nitrogens is 2. The van der Waals surface area contributed by atoms with Crippen LogP contribution in [0.2, 0.25) is 5.02 Å². The molecule has 0 radical (unpaired) electrons. The van der Waals surface area contributed by atoms with E-state index in [0.29, 0.717) is 21.8 Å². The molecule has 0 aliphatic carbocycles. The van der Waals surface area contributed by atoms with Crippen molar-refractivity contribution >= 4 is 29.1 Å². The number of aromatic amines is 2. The van der Waals surface area contributed by atoms with Crippen LogP contribution < -0.4 is 0 Å². The van der Waals surface area contributed by atoms with Crippen LogP contribution in [0.5, 0.6) is 0 Å². The van der Waals surface area contributed by atoms with E-state index in [0.717, 1.165) is 0 Å². The third-order valence-corrected chi connectivity index (χ3v) is 3.49. The van der Waals surface area contributed by atoms with Crippen LogP contribution in [-0.2, 0) is 4.74 Å². The largest absolute Gasteiger partial charge is 0.453 e. The Bertz CT molecular complexity index is 758. The molecule has 0 bridgehead atoms. The van der Waals surface area contributed by atoms with Gasteiger partial charge in [-0.05, 0) is 32.4 Å². The van der Waals surface area contributed by atoms with E-state index in [1.807, 2.05) is 0 Å². The number of hydrogen-bond acceptors (Lipinski definition) is 4. The summed E-state index contributed by atoms with van der Waals surface area (Å²) in [4.78, 5) is 40.9. The molecule has 2 rings (SSSR count). The number of halogens is 1. The number of ketones is 2. The van der Waals surface area contributed by atoms with Crippen LogP contribution in [0.15, 0.2) is 12.3 Å². The number of hydrogen-bond donors (Lipinski definition) is 2. The van der Waals surface area contributed by atoms with Gasteiger partial charge in [-0.3, -0.25) is 9.59 Å². The molecule has 0 saturated heterocycles. The molecular formula is C15H15ClN2O4. The van der Waals surface area contributed by atoms with Gasteiger partial charge < -0.3 is 14.7 Å². The monoisotopic (exact) mass is 322 g/mol. The van der Waals surface area contributed by atoms with Crippen molar-refractivity contribution in [3.63, 3.8) is 0 Å². The second-order valence-electron chi connectivity index (χ2n) is 4.91. The summed E-state index contributed by atoms with van der Waals surface area (Å²) in [6, 6.07) is 1.41. The number of rotatable bonds is 5. The van der Waals surface area contributed by atoms with Gasteiger partial charge in [-0.1, -0.05) is 11.6 Å². The Morgan fingerprint density at radius 1 is 1.27 bits per heavy atom. The third-order valence-electron chi connectivity index (χ3n) is 3.27. The van der Waals surface area contributed by atoms with Gasteiger partial charge >= 0.3 is 5.97 Å². The van der Waals surface area contributed by atoms with Gasteiger partial charge in [0.2, 0.25) is 5.78 Å². The molecule has 22 heavy (non-hydrogen) atoms. The molecule has 0 amide bonds. The van der Waals surface area contributed by atoms with Gasteiger partial charge in [0.15, 0.2) is 12.4 Å². The summed E-state index contributed by atoms with van der Waals surface area (Å²) < 4.78 is 4.94. The second kappa shape index (κ2) is 6.19. The van der Waals surface area contributed by atoms with E-state index >= 15 is 0 Å². The van der Waals surface area contributed by atoms with Gasteiger partial charge in [0.05, 0.1) is 10.7 Å². The van der Waals surface area contributed by atoms with Crippen LogP contribution in [0.25, 0.3) is 0 Å². The van der Waals surface area contributed by atoms with Gasteiger partial charge in [-0.25, -0.2) is 4.79 Å². The van der Waals surface area contributed by atoms with Crippen molar-refractivity contribution in [2.45, 2.75) is 20.8 Å². The van der Waals surface area contributed by atoms with E-state index in [1.165, 1.54) is 19.2 Å². The predicted molar refractivity (Wildman–Crippen MR) is 80.7 cm³/mol. The first-order chi connectivity index (χ1) is 10.3. The van der Waals surface area contributed by atoms with Gasteiger partial charge in [0, 0.05) is 17.5 Å². The number of carbonyl (C=O) groups is 3. The number of carbonyl (C=O) groups excluding carboxylic acids is 3. The molecule has 0 aliphatic heterocycles. The van der Waals surface area contributed by atoms with Crippen molar-refractivity contribution in [2.24, 2.45) is 0 Å². The molecule has 0 atom stereocenters. The Hall–Kier alpha value is -2.34. The lowest BCUT2D eigenvalue weighted by molar-refractivity contribution is 0.0468. The van der Waals surface area contributed by atoms with Crippen molar-refractivity contribution < 1.29 is 19.1 Å². The van der Waals surface area contributed by atoms with Gasteiger partial charge in [-0.15, -0.1) is 0 Å². The number of aryl methyl sites for hydroxylation is 1. The van der Waals surface area contributed by atoms with E-state index in [-0.39, 0.29) is 17.2 Å². The molecule has 0 aromatic carbocycles. The minimum absolute atomic E-state index is 0.122. The summed E-state index contributed by atoms with van der Waals surface area (Å²) in [5.41, 5.74) is 2.12. The SMILES string of the molecule is CC(=O)c1c(C)[nH]c(C(=O)COC(=O)c2cc(Cl)c[nH]2)c1C. The van der Waals surface area contributed by atoms with Crippen LogP contribution >= 0.6 is 11.6 Å². The molecule has 2 aromatic heterocycles. The summed E-state index contributed by atoms with van der Waals surface area (Å²) >= 11 is 5.69. The smallest absolute Gasteiger partial charge is 0.355 e. The number of nitrogens with one attached hydrogen (secondary N) is 2. The summed E-state index contributed by atoms with van der Waals surface area (Å²) in [6.07, 6.45) is 1.44. The lowest BCUT2D eigenvalue weighted by Crippen LogP contribution is -2.15. The Labute approximate surface area is 131 Å². The molecular weight excluding hydrogens is 308 g/mol. The standard InChI is InChI=1S/C15H15ClN2O4/c1-7-13(9(3)19)8(2)18-14(7)12(20)6-22-15(21)11-4-10(16)5-17-11/h4-5,17-18H,6H2,1-3H3. The quantitative estimate of drug-likeness (QED) is 0.654. The average molecular weight is 323 g/mol. The zero-order valence-electron chi connectivity index (χ0n) is 12.4. The molecule has 116 valence electrons. The topological polar surface area (TPSA) is 92.0 Å². The minimum atomic E-state index is -0.673. The molecule has 2 aromatic rings. The lowest BCUT2D eigenvalue weighted by Gasteiger charge is -2.03. The van der Waals surface area contributed by atoms with Crippen molar-refractivity contribution in [1.82, 2.24) is 9.97 Å². The molecule has 2 heterocycles. The Morgan fingerprint density at radius 2 is 1.95 bits per heavy atom. The highest BCUT2D eigenvalue weighted by atomic mass is 35.5. The fourth-order valence-corrected chi connectivity index (χ4v) is 2.49. The first-order valence-electron chi connectivity index (χ1n) is 6.55. The molecule has 0 saturated carbocycles. The molecule has 0 aliphatic rings. The van der Waals surface area contributed by atoms with Crippen molar-refractivity contribution in [2.75, 3.05) is 6.61 Å². The maximum Gasteiger partial charge on any atom is 0.355 e. The van der Waals surface area contributed by atoms with Crippen molar-refractivity contribution in [1.29, 1.82) is 0 Å². The molecule has 0 unspecified atom stereocenters. The normalized spacial score (nSPS) is 10.5. The maximum atomic E-state index is 12.1. The zero-order chi connectivity index (χ0) is 16.4. The van der Waals surface area contributed by atoms with Crippen LogP contribution in [0.4, 0.5) is 0 Å². The predicted octanol–water partition coefficient (Wildman–Crippen LogP) is 2.86. The number of aromatic nitrogens is 2. The summed E-state index contributed by atoms with van der Waals surface area (Å²) in [6.45, 7) is 4.41. The van der Waals surface area contributed by atoms with Crippen molar-refractivity contribution in [3.8, 4) is 0 Å². The first kappa shape index (κ1) is 16.0. The fourth-order valence-electron chi connectivity index (χ4n) is 2.32. The number of Topliss-reactive ketones (excluding diaryl/α,β-unsaturated/α-hetero) is 2. The van der Waals surface area contributed by atoms with Gasteiger partial charge in [0.25, 0.3) is 0 Å². The van der Waals surface area contributed by atoms with Crippen LogP contribution in [0.3, 0.4) is 0 Å². The Morgan fingerprint density at radius 3 is 2.45 bits per heavy atom. The van der Waals surface area contributed by atoms with Crippen LogP contribution in [0.1, 0.15) is 49.5 Å². The highest BCUT2D eigenvalue weighted by Gasteiger charge is 2.21. The molecule has 0 fully saturated rings. The third kappa shape index (κ3) is 3.12. The fraction of sp³-hybridized carbons (Fsp3) is 0.267. The highest BCUT2D eigenvalue weighted by Crippen LogP contribution is 2.19. The Balaban J connectivity index is 2.09. The van der Waals surface area contributed by atoms with E-state index in [4.69, 9.17) is 16.3 Å². The molecule has 0 spiro atoms. The van der Waals surface area contributed by atoms with Crippen molar-refractivity contribution in [3.05, 3.63) is 45.5 Å². The second-order valence-corrected chi connectivity index (χ2v) is 5.35. The maximum absolute atomic E-state index is 12.1. The van der Waals surface area contributed by atoms with Crippen LogP contribution in [-0.4, -0.2) is 34.1 Å². The number of ether oxygens (including phenoxy) is 1. The van der Waals surface area contributed by atoms with Gasteiger partial charge in [0.1, 0.15) is 5.69 Å². The van der Waals surface area contributed by atoms with E-state index in [1.54, 1.807) is 13.8 Å². The van der Waals surface area contributed by atoms with Crippen LogP contribution in [0, 0.1) is 13.8 Å². The van der Waals surface area contributed by atoms with Gasteiger partial charge in [-0.2, -0.15) is 0 Å². The summed E-state index contributed by atoms with van der Waals surface area (Å²) in [7, 11) is 0. The number of esters is 1. The van der Waals surface area contributed by atoms with E-state index in [2.05, 4.69) is 9.97 Å².